The van der Waals surface area contributed by atoms with Crippen LogP contribution in [0.1, 0.15) is 11.1 Å². The number of nitrogens with one attached hydrogen (secondary N) is 1. The third-order valence-corrected chi connectivity index (χ3v) is 4.99. The number of rotatable bonds is 4. The summed E-state index contributed by atoms with van der Waals surface area (Å²) in [6.45, 7) is 2.13. The maximum atomic E-state index is 12.5. The second kappa shape index (κ2) is 7.23. The Balaban J connectivity index is 1.73. The van der Waals surface area contributed by atoms with Crippen LogP contribution in [0.3, 0.4) is 0 Å². The Bertz CT molecular complexity index is 835. The zero-order valence-corrected chi connectivity index (χ0v) is 15.4. The van der Waals surface area contributed by atoms with Crippen molar-refractivity contribution in [3.05, 3.63) is 69.0 Å². The molecule has 0 aliphatic carbocycles. The number of anilines is 1. The highest BCUT2D eigenvalue weighted by Crippen LogP contribution is 2.32. The normalized spacial score (nSPS) is 16.1. The second-order valence-electron chi connectivity index (χ2n) is 5.31. The molecule has 122 valence electrons. The van der Waals surface area contributed by atoms with Gasteiger partial charge in [0.05, 0.1) is 11.6 Å². The van der Waals surface area contributed by atoms with E-state index < -0.39 is 0 Å². The van der Waals surface area contributed by atoms with E-state index in [-0.39, 0.29) is 17.8 Å². The quantitative estimate of drug-likeness (QED) is 0.741. The molecule has 1 aliphatic rings. The van der Waals surface area contributed by atoms with Crippen LogP contribution in [0.2, 0.25) is 0 Å². The van der Waals surface area contributed by atoms with E-state index in [1.54, 1.807) is 6.08 Å². The predicted octanol–water partition coefficient (Wildman–Crippen LogP) is 4.86. The Kier molecular flexibility index (Phi) is 5.06. The molecule has 2 aromatic rings. The minimum absolute atomic E-state index is 0.158. The van der Waals surface area contributed by atoms with E-state index >= 15 is 0 Å². The largest absolute Gasteiger partial charge is 0.367 e. The molecule has 1 saturated heterocycles. The summed E-state index contributed by atoms with van der Waals surface area (Å²) in [6.07, 6.45) is 1.74. The number of carbonyl (C=O) groups excluding carboxylic acids is 2. The van der Waals surface area contributed by atoms with Gasteiger partial charge >= 0.3 is 0 Å². The first-order valence-corrected chi connectivity index (χ1v) is 8.96. The number of hydrogen-bond donors (Lipinski definition) is 1. The summed E-state index contributed by atoms with van der Waals surface area (Å²) < 4.78 is 0.927. The van der Waals surface area contributed by atoms with E-state index in [1.807, 2.05) is 55.5 Å². The van der Waals surface area contributed by atoms with E-state index in [1.165, 1.54) is 4.90 Å². The van der Waals surface area contributed by atoms with Crippen molar-refractivity contribution in [3.63, 3.8) is 0 Å². The van der Waals surface area contributed by atoms with Crippen molar-refractivity contribution in [1.29, 1.82) is 0 Å². The SMILES string of the molecule is Cc1ccccc1NCN1C(=O)S/C(=C\c2cccc(Br)c2)C1=O. The fourth-order valence-corrected chi connectivity index (χ4v) is 3.57. The van der Waals surface area contributed by atoms with Crippen LogP contribution in [0.25, 0.3) is 6.08 Å². The number of nitrogens with zero attached hydrogens (tertiary/aromatic N) is 1. The first kappa shape index (κ1) is 16.8. The maximum Gasteiger partial charge on any atom is 0.295 e. The van der Waals surface area contributed by atoms with Gasteiger partial charge in [0.2, 0.25) is 0 Å². The van der Waals surface area contributed by atoms with Gasteiger partial charge in [-0.25, -0.2) is 0 Å². The summed E-state index contributed by atoms with van der Waals surface area (Å²) in [7, 11) is 0. The highest BCUT2D eigenvalue weighted by molar-refractivity contribution is 9.10. The fourth-order valence-electron chi connectivity index (χ4n) is 2.32. The number of amides is 2. The second-order valence-corrected chi connectivity index (χ2v) is 7.22. The van der Waals surface area contributed by atoms with Gasteiger partial charge in [0, 0.05) is 10.2 Å². The van der Waals surface area contributed by atoms with Gasteiger partial charge in [0.15, 0.2) is 0 Å². The molecule has 3 rings (SSSR count). The third-order valence-electron chi connectivity index (χ3n) is 3.59. The zero-order valence-electron chi connectivity index (χ0n) is 13.0. The lowest BCUT2D eigenvalue weighted by molar-refractivity contribution is -0.122. The molecule has 0 bridgehead atoms. The van der Waals surface area contributed by atoms with Crippen LogP contribution in [0, 0.1) is 6.92 Å². The Hall–Kier alpha value is -2.05. The number of aryl methyl sites for hydroxylation is 1. The molecular weight excluding hydrogens is 388 g/mol. The summed E-state index contributed by atoms with van der Waals surface area (Å²) in [5.41, 5.74) is 2.85. The summed E-state index contributed by atoms with van der Waals surface area (Å²) in [5.74, 6) is -0.272. The molecule has 6 heteroatoms. The van der Waals surface area contributed by atoms with Gasteiger partial charge in [-0.2, -0.15) is 0 Å². The lowest BCUT2D eigenvalue weighted by atomic mass is 10.2. The smallest absolute Gasteiger partial charge is 0.295 e. The minimum Gasteiger partial charge on any atom is -0.367 e. The molecule has 0 saturated carbocycles. The zero-order chi connectivity index (χ0) is 17.1. The molecule has 0 spiro atoms. The number of carbonyl (C=O) groups is 2. The Labute approximate surface area is 153 Å². The van der Waals surface area contributed by atoms with Crippen molar-refractivity contribution in [2.75, 3.05) is 12.0 Å². The van der Waals surface area contributed by atoms with Crippen LogP contribution in [-0.4, -0.2) is 22.7 Å². The third kappa shape index (κ3) is 3.71. The summed E-state index contributed by atoms with van der Waals surface area (Å²) in [5, 5.41) is 2.88. The van der Waals surface area contributed by atoms with Crippen molar-refractivity contribution < 1.29 is 9.59 Å². The highest BCUT2D eigenvalue weighted by atomic mass is 79.9. The summed E-state index contributed by atoms with van der Waals surface area (Å²) in [6, 6.07) is 15.4. The Morgan fingerprint density at radius 1 is 1.17 bits per heavy atom. The van der Waals surface area contributed by atoms with Crippen LogP contribution in [0.4, 0.5) is 10.5 Å². The predicted molar refractivity (Wildman–Crippen MR) is 102 cm³/mol. The molecule has 1 aliphatic heterocycles. The maximum absolute atomic E-state index is 12.5. The lowest BCUT2D eigenvalue weighted by Gasteiger charge is -2.15. The van der Waals surface area contributed by atoms with E-state index in [4.69, 9.17) is 0 Å². The van der Waals surface area contributed by atoms with E-state index in [0.29, 0.717) is 4.91 Å². The van der Waals surface area contributed by atoms with Crippen LogP contribution in [-0.2, 0) is 4.79 Å². The Morgan fingerprint density at radius 2 is 1.96 bits per heavy atom. The topological polar surface area (TPSA) is 49.4 Å². The molecule has 1 fully saturated rings. The van der Waals surface area contributed by atoms with Gasteiger partial charge in [0.1, 0.15) is 0 Å². The molecule has 2 aromatic carbocycles. The fraction of sp³-hybridized carbons (Fsp3) is 0.111. The van der Waals surface area contributed by atoms with E-state index in [0.717, 1.165) is 33.0 Å². The molecule has 1 heterocycles. The van der Waals surface area contributed by atoms with Crippen LogP contribution >= 0.6 is 27.7 Å². The van der Waals surface area contributed by atoms with Crippen molar-refractivity contribution in [2.45, 2.75) is 6.92 Å². The monoisotopic (exact) mass is 402 g/mol. The van der Waals surface area contributed by atoms with Crippen LogP contribution in [0.15, 0.2) is 57.9 Å². The first-order valence-electron chi connectivity index (χ1n) is 7.35. The molecule has 0 atom stereocenters. The molecule has 24 heavy (non-hydrogen) atoms. The van der Waals surface area contributed by atoms with Crippen molar-refractivity contribution >= 4 is 50.6 Å². The van der Waals surface area contributed by atoms with E-state index in [2.05, 4.69) is 21.2 Å². The average Bonchev–Trinajstić information content (AvgIpc) is 2.81. The van der Waals surface area contributed by atoms with Gasteiger partial charge in [-0.05, 0) is 54.1 Å². The molecule has 2 amide bonds. The van der Waals surface area contributed by atoms with Crippen molar-refractivity contribution in [1.82, 2.24) is 4.90 Å². The van der Waals surface area contributed by atoms with Gasteiger partial charge < -0.3 is 5.32 Å². The number of para-hydroxylation sites is 1. The molecule has 0 aromatic heterocycles. The van der Waals surface area contributed by atoms with Crippen LogP contribution in [0.5, 0.6) is 0 Å². The summed E-state index contributed by atoms with van der Waals surface area (Å²) >= 11 is 4.36. The average molecular weight is 403 g/mol. The summed E-state index contributed by atoms with van der Waals surface area (Å²) in [4.78, 5) is 26.3. The standard InChI is InChI=1S/C18H15BrN2O2S/c1-12-5-2-3-8-15(12)20-11-21-17(22)16(24-18(21)23)10-13-6-4-7-14(19)9-13/h2-10,20H,11H2,1H3/b16-10-. The number of hydrogen-bond acceptors (Lipinski definition) is 4. The van der Waals surface area contributed by atoms with Crippen molar-refractivity contribution in [3.8, 4) is 0 Å². The van der Waals surface area contributed by atoms with Gasteiger partial charge in [-0.15, -0.1) is 0 Å². The van der Waals surface area contributed by atoms with E-state index in [9.17, 15) is 9.59 Å². The highest BCUT2D eigenvalue weighted by Gasteiger charge is 2.34. The lowest BCUT2D eigenvalue weighted by Crippen LogP contribution is -2.33. The molecule has 1 N–H and O–H groups in total. The first-order chi connectivity index (χ1) is 11.5. The van der Waals surface area contributed by atoms with Gasteiger partial charge in [-0.3, -0.25) is 14.5 Å². The number of benzene rings is 2. The number of thioether (sulfide) groups is 1. The Morgan fingerprint density at radius 3 is 2.71 bits per heavy atom. The van der Waals surface area contributed by atoms with Crippen molar-refractivity contribution in [2.24, 2.45) is 0 Å². The molecule has 0 radical (unpaired) electrons. The minimum atomic E-state index is -0.272. The van der Waals surface area contributed by atoms with Gasteiger partial charge in [0.25, 0.3) is 11.1 Å². The van der Waals surface area contributed by atoms with Crippen LogP contribution < -0.4 is 5.32 Å². The number of halogens is 1. The molecule has 0 unspecified atom stereocenters. The molecular formula is C18H15BrN2O2S. The number of imide groups is 1. The molecule has 4 nitrogen and oxygen atoms in total. The van der Waals surface area contributed by atoms with Gasteiger partial charge in [-0.1, -0.05) is 46.3 Å².